The molecule has 1 aliphatic rings. The van der Waals surface area contributed by atoms with Crippen LogP contribution in [0, 0.1) is 0 Å². The first-order valence-corrected chi connectivity index (χ1v) is 8.44. The lowest BCUT2D eigenvalue weighted by Crippen LogP contribution is -2.34. The Labute approximate surface area is 142 Å². The zero-order valence-corrected chi connectivity index (χ0v) is 14.3. The molecule has 0 saturated carbocycles. The summed E-state index contributed by atoms with van der Waals surface area (Å²) >= 11 is 0. The highest BCUT2D eigenvalue weighted by atomic mass is 16.4. The first-order valence-electron chi connectivity index (χ1n) is 8.44. The van der Waals surface area contributed by atoms with Gasteiger partial charge in [-0.3, -0.25) is 9.69 Å². The summed E-state index contributed by atoms with van der Waals surface area (Å²) in [6, 6.07) is 7.95. The molecule has 24 heavy (non-hydrogen) atoms. The number of nitrogens with one attached hydrogen (secondary N) is 1. The Kier molecular flexibility index (Phi) is 5.06. The lowest BCUT2D eigenvalue weighted by atomic mass is 9.99. The molecule has 1 amide bonds. The van der Waals surface area contributed by atoms with Gasteiger partial charge in [0.25, 0.3) is 5.91 Å². The second kappa shape index (κ2) is 7.23. The van der Waals surface area contributed by atoms with Gasteiger partial charge in [0, 0.05) is 19.8 Å². The molecule has 2 N–H and O–H groups in total. The van der Waals surface area contributed by atoms with Crippen molar-refractivity contribution in [3.05, 3.63) is 47.2 Å². The van der Waals surface area contributed by atoms with Gasteiger partial charge in [-0.2, -0.15) is 0 Å². The van der Waals surface area contributed by atoms with Crippen LogP contribution in [0.3, 0.4) is 0 Å². The molecule has 0 bridgehead atoms. The van der Waals surface area contributed by atoms with Gasteiger partial charge in [-0.05, 0) is 43.7 Å². The van der Waals surface area contributed by atoms with Crippen molar-refractivity contribution in [2.24, 2.45) is 7.05 Å². The van der Waals surface area contributed by atoms with Crippen molar-refractivity contribution in [1.82, 2.24) is 14.8 Å². The number of aliphatic hydroxyl groups is 1. The fourth-order valence-electron chi connectivity index (χ4n) is 3.53. The number of amides is 1. The molecule has 1 saturated heterocycles. The minimum atomic E-state index is -0.0727. The minimum absolute atomic E-state index is 0.0651. The van der Waals surface area contributed by atoms with E-state index in [0.29, 0.717) is 18.0 Å². The number of hydrogen-bond donors (Lipinski definition) is 2. The molecule has 130 valence electrons. The Morgan fingerprint density at radius 2 is 2.08 bits per heavy atom. The first kappa shape index (κ1) is 16.8. The Bertz CT molecular complexity index is 704. The monoisotopic (exact) mass is 331 g/mol. The van der Waals surface area contributed by atoms with Crippen LogP contribution in [-0.2, 0) is 20.2 Å². The van der Waals surface area contributed by atoms with Crippen molar-refractivity contribution in [2.45, 2.75) is 38.5 Å². The number of carbonyl (C=O) groups is 1. The summed E-state index contributed by atoms with van der Waals surface area (Å²) in [5.74, 6) is 1.40. The largest absolute Gasteiger partial charge is 0.462 e. The van der Waals surface area contributed by atoms with Gasteiger partial charge in [-0.15, -0.1) is 0 Å². The predicted octanol–water partition coefficient (Wildman–Crippen LogP) is 2.20. The first-order chi connectivity index (χ1) is 11.6. The lowest BCUT2D eigenvalue weighted by Gasteiger charge is -2.35. The van der Waals surface area contributed by atoms with Gasteiger partial charge in [-0.25, -0.2) is 0 Å². The molecule has 0 radical (unpaired) electrons. The summed E-state index contributed by atoms with van der Waals surface area (Å²) in [6.07, 6.45) is 3.41. The maximum atomic E-state index is 12.0. The molecule has 3 rings (SSSR count). The van der Waals surface area contributed by atoms with Crippen molar-refractivity contribution in [1.29, 1.82) is 0 Å². The van der Waals surface area contributed by atoms with Crippen molar-refractivity contribution in [3.8, 4) is 0 Å². The molecule has 0 unspecified atom stereocenters. The lowest BCUT2D eigenvalue weighted by molar-refractivity contribution is 0.0951. The summed E-state index contributed by atoms with van der Waals surface area (Å²) in [4.78, 5) is 14.3. The van der Waals surface area contributed by atoms with Gasteiger partial charge in [0.15, 0.2) is 0 Å². The van der Waals surface area contributed by atoms with Crippen LogP contribution in [0.25, 0.3) is 0 Å². The summed E-state index contributed by atoms with van der Waals surface area (Å²) in [7, 11) is 3.60. The fraction of sp³-hybridized carbons (Fsp3) is 0.500. The van der Waals surface area contributed by atoms with E-state index in [4.69, 9.17) is 9.52 Å². The van der Waals surface area contributed by atoms with E-state index >= 15 is 0 Å². The van der Waals surface area contributed by atoms with Gasteiger partial charge in [0.05, 0.1) is 12.6 Å². The van der Waals surface area contributed by atoms with Crippen molar-refractivity contribution >= 4 is 5.91 Å². The molecule has 0 aromatic carbocycles. The van der Waals surface area contributed by atoms with Gasteiger partial charge in [0.2, 0.25) is 0 Å². The summed E-state index contributed by atoms with van der Waals surface area (Å²) in [6.45, 7) is 1.64. The van der Waals surface area contributed by atoms with Gasteiger partial charge < -0.3 is 19.4 Å². The molecule has 0 aliphatic carbocycles. The van der Waals surface area contributed by atoms with Crippen LogP contribution in [0.2, 0.25) is 0 Å². The molecular formula is C18H25N3O3. The molecule has 2 aromatic rings. The third-order valence-electron chi connectivity index (χ3n) is 4.81. The number of furan rings is 1. The zero-order valence-electron chi connectivity index (χ0n) is 14.3. The van der Waals surface area contributed by atoms with Crippen molar-refractivity contribution in [3.63, 3.8) is 0 Å². The average Bonchev–Trinajstić information content (AvgIpc) is 3.21. The van der Waals surface area contributed by atoms with E-state index in [-0.39, 0.29) is 18.6 Å². The zero-order chi connectivity index (χ0) is 17.1. The second-order valence-corrected chi connectivity index (χ2v) is 6.29. The third kappa shape index (κ3) is 3.25. The molecule has 1 fully saturated rings. The third-order valence-corrected chi connectivity index (χ3v) is 4.81. The average molecular weight is 331 g/mol. The van der Waals surface area contributed by atoms with E-state index in [1.807, 2.05) is 29.8 Å². The molecule has 2 aromatic heterocycles. The number of aliphatic hydroxyl groups excluding tert-OH is 1. The van der Waals surface area contributed by atoms with Crippen molar-refractivity contribution < 1.29 is 14.3 Å². The number of hydrogen-bond acceptors (Lipinski definition) is 4. The summed E-state index contributed by atoms with van der Waals surface area (Å²) in [5, 5.41) is 11.8. The topological polar surface area (TPSA) is 70.6 Å². The number of carbonyl (C=O) groups excluding carboxylic acids is 1. The highest BCUT2D eigenvalue weighted by Gasteiger charge is 2.28. The fourth-order valence-corrected chi connectivity index (χ4v) is 3.53. The van der Waals surface area contributed by atoms with E-state index in [2.05, 4.69) is 16.3 Å². The SMILES string of the molecule is CNC(=O)c1ccc([C@@H]2CCCCN2Cc2ccc(CO)o2)n1C. The Hall–Kier alpha value is -2.05. The van der Waals surface area contributed by atoms with E-state index < -0.39 is 0 Å². The predicted molar refractivity (Wildman–Crippen MR) is 90.4 cm³/mol. The second-order valence-electron chi connectivity index (χ2n) is 6.29. The maximum absolute atomic E-state index is 12.0. The Morgan fingerprint density at radius 1 is 1.29 bits per heavy atom. The number of likely N-dealkylation sites (tertiary alicyclic amines) is 1. The van der Waals surface area contributed by atoms with Crippen LogP contribution in [0.1, 0.15) is 53.0 Å². The van der Waals surface area contributed by atoms with Crippen molar-refractivity contribution in [2.75, 3.05) is 13.6 Å². The summed E-state index contributed by atoms with van der Waals surface area (Å²) in [5.41, 5.74) is 1.83. The van der Waals surface area contributed by atoms with Crippen LogP contribution in [0.5, 0.6) is 0 Å². The quantitative estimate of drug-likeness (QED) is 0.881. The van der Waals surface area contributed by atoms with Gasteiger partial charge in [0.1, 0.15) is 23.8 Å². The van der Waals surface area contributed by atoms with Crippen LogP contribution in [0.4, 0.5) is 0 Å². The smallest absolute Gasteiger partial charge is 0.267 e. The van der Waals surface area contributed by atoms with Crippen LogP contribution in [-0.4, -0.2) is 34.1 Å². The minimum Gasteiger partial charge on any atom is -0.462 e. The maximum Gasteiger partial charge on any atom is 0.267 e. The molecular weight excluding hydrogens is 306 g/mol. The Morgan fingerprint density at radius 3 is 2.79 bits per heavy atom. The molecule has 0 spiro atoms. The van der Waals surface area contributed by atoms with Gasteiger partial charge >= 0.3 is 0 Å². The molecule has 6 heteroatoms. The molecule has 1 atom stereocenters. The number of rotatable bonds is 5. The number of nitrogens with zero attached hydrogens (tertiary/aromatic N) is 2. The molecule has 3 heterocycles. The van der Waals surface area contributed by atoms with E-state index in [0.717, 1.165) is 30.8 Å². The molecule has 6 nitrogen and oxygen atoms in total. The van der Waals surface area contributed by atoms with Gasteiger partial charge in [-0.1, -0.05) is 6.42 Å². The van der Waals surface area contributed by atoms with E-state index in [1.54, 1.807) is 7.05 Å². The highest BCUT2D eigenvalue weighted by molar-refractivity contribution is 5.92. The summed E-state index contributed by atoms with van der Waals surface area (Å²) < 4.78 is 7.64. The standard InChI is InChI=1S/C18H25N3O3/c1-19-18(23)17-9-8-15(20(17)2)16-5-3-4-10-21(16)11-13-6-7-14(12-22)24-13/h6-9,16,22H,3-5,10-12H2,1-2H3,(H,19,23)/t16-/m0/s1. The van der Waals surface area contributed by atoms with E-state index in [1.165, 1.54) is 6.42 Å². The van der Waals surface area contributed by atoms with Crippen LogP contribution in [0.15, 0.2) is 28.7 Å². The normalized spacial score (nSPS) is 18.7. The Balaban J connectivity index is 1.82. The highest BCUT2D eigenvalue weighted by Crippen LogP contribution is 2.33. The van der Waals surface area contributed by atoms with Crippen LogP contribution < -0.4 is 5.32 Å². The van der Waals surface area contributed by atoms with Crippen LogP contribution >= 0.6 is 0 Å². The number of piperidine rings is 1. The number of aromatic nitrogens is 1. The molecule has 1 aliphatic heterocycles. The van der Waals surface area contributed by atoms with E-state index in [9.17, 15) is 4.79 Å².